The van der Waals surface area contributed by atoms with Crippen LogP contribution in [0.2, 0.25) is 0 Å². The molecule has 2 aliphatic rings. The Morgan fingerprint density at radius 3 is 2.82 bits per heavy atom. The highest BCUT2D eigenvalue weighted by atomic mass is 32.2. The maximum Gasteiger partial charge on any atom is 0.353 e. The molecule has 0 radical (unpaired) electrons. The molecular formula is C9H12N4O3S. The van der Waals surface area contributed by atoms with Crippen molar-refractivity contribution in [3.05, 3.63) is 10.6 Å². The van der Waals surface area contributed by atoms with Gasteiger partial charge in [-0.3, -0.25) is 14.7 Å². The highest BCUT2D eigenvalue weighted by molar-refractivity contribution is 8.04. The predicted octanol–water partition coefficient (Wildman–Crippen LogP) is -0.749. The number of hydrogen-bond acceptors (Lipinski definition) is 4. The molecule has 8 heteroatoms. The van der Waals surface area contributed by atoms with Crippen molar-refractivity contribution in [1.82, 2.24) is 4.90 Å². The summed E-state index contributed by atoms with van der Waals surface area (Å²) in [6.45, 7) is 0.330. The fraction of sp³-hybridized carbons (Fsp3) is 0.444. The normalized spacial score (nSPS) is 22.2. The molecule has 1 amide bonds. The number of fused-ring (bicyclic) bond motifs is 1. The second kappa shape index (κ2) is 4.28. The number of carbonyl (C=O) groups is 2. The number of carboxylic acids is 1. The molecule has 1 saturated heterocycles. The summed E-state index contributed by atoms with van der Waals surface area (Å²) in [5.41, 5.74) is 10.5. The molecular weight excluding hydrogens is 244 g/mol. The molecule has 0 bridgehead atoms. The molecule has 0 aromatic heterocycles. The van der Waals surface area contributed by atoms with Gasteiger partial charge in [0.25, 0.3) is 0 Å². The lowest BCUT2D eigenvalue weighted by atomic mass is 10.1. The Balaban J connectivity index is 2.12. The molecule has 1 fully saturated rings. The zero-order valence-corrected chi connectivity index (χ0v) is 9.74. The van der Waals surface area contributed by atoms with Gasteiger partial charge in [0.1, 0.15) is 5.70 Å². The molecule has 0 aromatic carbocycles. The Morgan fingerprint density at radius 2 is 2.29 bits per heavy atom. The number of thioether (sulfide) groups is 1. The van der Waals surface area contributed by atoms with Crippen molar-refractivity contribution in [1.29, 1.82) is 0 Å². The number of aliphatic imine (C=N–C) groups is 1. The summed E-state index contributed by atoms with van der Waals surface area (Å²) >= 11 is 1.41. The molecule has 2 rings (SSSR count). The first kappa shape index (κ1) is 11.8. The Hall–Kier alpha value is -1.70. The summed E-state index contributed by atoms with van der Waals surface area (Å²) < 4.78 is 0. The number of carbonyl (C=O) groups excluding carboxylic acids is 1. The zero-order chi connectivity index (χ0) is 12.6. The quantitative estimate of drug-likeness (QED) is 0.345. The fourth-order valence-corrected chi connectivity index (χ4v) is 3.18. The Bertz CT molecular complexity index is 442. The largest absolute Gasteiger partial charge is 0.477 e. The van der Waals surface area contributed by atoms with Gasteiger partial charge >= 0.3 is 5.97 Å². The van der Waals surface area contributed by atoms with Crippen LogP contribution in [0.3, 0.4) is 0 Å². The van der Waals surface area contributed by atoms with Gasteiger partial charge in [0, 0.05) is 17.9 Å². The first-order chi connectivity index (χ1) is 8.00. The predicted molar refractivity (Wildman–Crippen MR) is 62.8 cm³/mol. The van der Waals surface area contributed by atoms with Crippen LogP contribution in [-0.2, 0) is 9.59 Å². The van der Waals surface area contributed by atoms with E-state index in [9.17, 15) is 9.59 Å². The summed E-state index contributed by atoms with van der Waals surface area (Å²) in [5, 5.41) is 9.03. The topological polar surface area (TPSA) is 122 Å². The summed E-state index contributed by atoms with van der Waals surface area (Å²) in [4.78, 5) is 28.2. The first-order valence-electron chi connectivity index (χ1n) is 5.01. The van der Waals surface area contributed by atoms with Crippen LogP contribution < -0.4 is 11.5 Å². The Labute approximate surface area is 102 Å². The lowest BCUT2D eigenvalue weighted by molar-refractivity contribution is -0.145. The second-order valence-electron chi connectivity index (χ2n) is 3.67. The molecule has 0 spiro atoms. The number of guanidine groups is 1. The minimum absolute atomic E-state index is 0.0233. The lowest BCUT2D eigenvalue weighted by Crippen LogP contribution is -2.48. The van der Waals surface area contributed by atoms with E-state index >= 15 is 0 Å². The number of amides is 1. The maximum absolute atomic E-state index is 11.3. The van der Waals surface area contributed by atoms with E-state index in [1.54, 1.807) is 0 Å². The highest BCUT2D eigenvalue weighted by Crippen LogP contribution is 2.47. The highest BCUT2D eigenvalue weighted by Gasteiger charge is 2.47. The summed E-state index contributed by atoms with van der Waals surface area (Å²) in [7, 11) is 0. The van der Waals surface area contributed by atoms with Crippen molar-refractivity contribution in [3.63, 3.8) is 0 Å². The third-order valence-corrected chi connectivity index (χ3v) is 3.86. The average Bonchev–Trinajstić information content (AvgIpc) is 2.50. The van der Waals surface area contributed by atoms with E-state index in [1.165, 1.54) is 16.7 Å². The van der Waals surface area contributed by atoms with Crippen molar-refractivity contribution >= 4 is 29.6 Å². The number of nitrogens with two attached hydrogens (primary N) is 2. The molecule has 0 saturated carbocycles. The zero-order valence-electron chi connectivity index (χ0n) is 8.92. The van der Waals surface area contributed by atoms with Gasteiger partial charge in [0.15, 0.2) is 5.96 Å². The van der Waals surface area contributed by atoms with Crippen molar-refractivity contribution in [2.45, 2.75) is 18.2 Å². The van der Waals surface area contributed by atoms with Crippen LogP contribution in [-0.4, -0.2) is 39.8 Å². The average molecular weight is 256 g/mol. The van der Waals surface area contributed by atoms with Crippen LogP contribution in [0.25, 0.3) is 0 Å². The van der Waals surface area contributed by atoms with E-state index in [-0.39, 0.29) is 22.9 Å². The first-order valence-corrected chi connectivity index (χ1v) is 5.89. The van der Waals surface area contributed by atoms with E-state index < -0.39 is 5.97 Å². The Kier molecular flexibility index (Phi) is 2.97. The second-order valence-corrected chi connectivity index (χ2v) is 4.95. The van der Waals surface area contributed by atoms with E-state index in [2.05, 4.69) is 4.99 Å². The number of β-lactam (4-membered cyclic amide) rings is 1. The number of nitrogens with zero attached hydrogens (tertiary/aromatic N) is 2. The van der Waals surface area contributed by atoms with Gasteiger partial charge in [0.05, 0.1) is 11.8 Å². The third kappa shape index (κ3) is 2.07. The van der Waals surface area contributed by atoms with E-state index in [4.69, 9.17) is 16.6 Å². The number of rotatable bonds is 4. The van der Waals surface area contributed by atoms with Gasteiger partial charge < -0.3 is 16.6 Å². The SMILES string of the molecule is NC(N)=NCCC1=C(C(=O)O)N2C(=O)C[C@H]2S1. The summed E-state index contributed by atoms with van der Waals surface area (Å²) in [6.07, 6.45) is 0.831. The molecule has 92 valence electrons. The number of aliphatic carboxylic acids is 1. The molecule has 0 unspecified atom stereocenters. The van der Waals surface area contributed by atoms with Crippen molar-refractivity contribution in [2.24, 2.45) is 16.5 Å². The monoisotopic (exact) mass is 256 g/mol. The van der Waals surface area contributed by atoms with Crippen molar-refractivity contribution in [3.8, 4) is 0 Å². The van der Waals surface area contributed by atoms with Gasteiger partial charge in [-0.05, 0) is 0 Å². The van der Waals surface area contributed by atoms with Crippen LogP contribution in [0.1, 0.15) is 12.8 Å². The standard InChI is InChI=1S/C9H12N4O3S/c10-9(11)12-2-1-4-7(8(15)16)13-5(14)3-6(13)17-4/h6H,1-3H2,(H,15,16)(H4,10,11,12)/t6-/m1/s1. The maximum atomic E-state index is 11.3. The summed E-state index contributed by atoms with van der Waals surface area (Å²) in [5.74, 6) is -1.24. The summed E-state index contributed by atoms with van der Waals surface area (Å²) in [6, 6.07) is 0. The molecule has 0 aromatic rings. The third-order valence-electron chi connectivity index (χ3n) is 2.53. The van der Waals surface area contributed by atoms with Crippen LogP contribution in [0.15, 0.2) is 15.6 Å². The Morgan fingerprint density at radius 1 is 1.59 bits per heavy atom. The van der Waals surface area contributed by atoms with Gasteiger partial charge in [-0.2, -0.15) is 0 Å². The molecule has 2 heterocycles. The van der Waals surface area contributed by atoms with Crippen LogP contribution in [0, 0.1) is 0 Å². The number of carboxylic acid groups (broad SMARTS) is 1. The lowest BCUT2D eigenvalue weighted by Gasteiger charge is -2.33. The number of hydrogen-bond donors (Lipinski definition) is 3. The molecule has 1 atom stereocenters. The minimum atomic E-state index is -1.08. The van der Waals surface area contributed by atoms with E-state index in [0.29, 0.717) is 24.3 Å². The van der Waals surface area contributed by atoms with Crippen LogP contribution in [0.5, 0.6) is 0 Å². The van der Waals surface area contributed by atoms with Gasteiger partial charge in [-0.1, -0.05) is 0 Å². The fourth-order valence-electron chi connectivity index (χ4n) is 1.79. The minimum Gasteiger partial charge on any atom is -0.477 e. The van der Waals surface area contributed by atoms with E-state index in [0.717, 1.165) is 0 Å². The molecule has 5 N–H and O–H groups in total. The van der Waals surface area contributed by atoms with Gasteiger partial charge in [0.2, 0.25) is 5.91 Å². The van der Waals surface area contributed by atoms with Crippen molar-refractivity contribution in [2.75, 3.05) is 6.54 Å². The molecule has 0 aliphatic carbocycles. The van der Waals surface area contributed by atoms with Crippen molar-refractivity contribution < 1.29 is 14.7 Å². The molecule has 2 aliphatic heterocycles. The smallest absolute Gasteiger partial charge is 0.353 e. The van der Waals surface area contributed by atoms with Crippen LogP contribution in [0.4, 0.5) is 0 Å². The van der Waals surface area contributed by atoms with Gasteiger partial charge in [-0.15, -0.1) is 11.8 Å². The van der Waals surface area contributed by atoms with Gasteiger partial charge in [-0.25, -0.2) is 4.79 Å². The molecule has 7 nitrogen and oxygen atoms in total. The molecule has 17 heavy (non-hydrogen) atoms. The van der Waals surface area contributed by atoms with E-state index in [1.807, 2.05) is 0 Å². The van der Waals surface area contributed by atoms with Crippen LogP contribution >= 0.6 is 11.8 Å².